The summed E-state index contributed by atoms with van der Waals surface area (Å²) >= 11 is 0. The zero-order valence-electron chi connectivity index (χ0n) is 4.76. The van der Waals surface area contributed by atoms with Crippen LogP contribution in [0.25, 0.3) is 0 Å². The van der Waals surface area contributed by atoms with Crippen LogP contribution in [-0.2, 0) is 0 Å². The molecule has 0 bridgehead atoms. The molecule has 1 nitrogen and oxygen atoms in total. The molecule has 1 atom stereocenters. The van der Waals surface area contributed by atoms with E-state index in [1.807, 2.05) is 6.92 Å². The summed E-state index contributed by atoms with van der Waals surface area (Å²) in [6.45, 7) is 2.15. The van der Waals surface area contributed by atoms with Crippen molar-refractivity contribution in [3.05, 3.63) is 11.6 Å². The van der Waals surface area contributed by atoms with Gasteiger partial charge in [-0.25, -0.2) is 4.39 Å². The summed E-state index contributed by atoms with van der Waals surface area (Å²) in [5.41, 5.74) is 0.920. The van der Waals surface area contributed by atoms with Crippen molar-refractivity contribution >= 4 is 6.21 Å². The summed E-state index contributed by atoms with van der Waals surface area (Å²) in [5.74, 6) is 0. The lowest BCUT2D eigenvalue weighted by Crippen LogP contribution is -2.06. The number of dihydropyridines is 1. The van der Waals surface area contributed by atoms with Crippen molar-refractivity contribution < 1.29 is 4.39 Å². The number of hydrogen-bond acceptors (Lipinski definition) is 1. The lowest BCUT2D eigenvalue weighted by atomic mass is 10.2. The van der Waals surface area contributed by atoms with Crippen LogP contribution in [-0.4, -0.2) is 18.9 Å². The molecular formula is C6H8FN. The van der Waals surface area contributed by atoms with Crippen molar-refractivity contribution in [2.75, 3.05) is 6.54 Å². The third kappa shape index (κ3) is 1.15. The van der Waals surface area contributed by atoms with Crippen molar-refractivity contribution in [3.63, 3.8) is 0 Å². The minimum absolute atomic E-state index is 0.303. The molecule has 0 saturated heterocycles. The van der Waals surface area contributed by atoms with E-state index in [0.29, 0.717) is 6.54 Å². The number of allylic oxidation sites excluding steroid dienone is 1. The number of nitrogens with zero attached hydrogens (tertiary/aromatic N) is 1. The molecule has 1 aliphatic heterocycles. The Morgan fingerprint density at radius 3 is 3.00 bits per heavy atom. The first kappa shape index (κ1) is 5.48. The van der Waals surface area contributed by atoms with E-state index >= 15 is 0 Å². The molecule has 8 heavy (non-hydrogen) atoms. The average Bonchev–Trinajstić information content (AvgIpc) is 1.64. The van der Waals surface area contributed by atoms with Gasteiger partial charge in [0.1, 0.15) is 6.17 Å². The van der Waals surface area contributed by atoms with E-state index < -0.39 is 6.17 Å². The smallest absolute Gasteiger partial charge is 0.138 e. The average molecular weight is 113 g/mol. The highest BCUT2D eigenvalue weighted by Crippen LogP contribution is 2.03. The molecule has 0 saturated carbocycles. The summed E-state index contributed by atoms with van der Waals surface area (Å²) in [5, 5.41) is 0. The summed E-state index contributed by atoms with van der Waals surface area (Å²) in [4.78, 5) is 3.77. The SMILES string of the molecule is CC1=CC(F)CN=C1. The fraction of sp³-hybridized carbons (Fsp3) is 0.500. The normalized spacial score (nSPS) is 27.8. The van der Waals surface area contributed by atoms with Crippen LogP contribution in [0, 0.1) is 0 Å². The Morgan fingerprint density at radius 2 is 2.62 bits per heavy atom. The van der Waals surface area contributed by atoms with E-state index in [1.54, 1.807) is 12.3 Å². The van der Waals surface area contributed by atoms with E-state index in [4.69, 9.17) is 0 Å². The van der Waals surface area contributed by atoms with Crippen LogP contribution in [0.4, 0.5) is 4.39 Å². The van der Waals surface area contributed by atoms with Gasteiger partial charge in [0, 0.05) is 6.21 Å². The van der Waals surface area contributed by atoms with Gasteiger partial charge in [-0.05, 0) is 18.6 Å². The molecule has 1 rings (SSSR count). The molecule has 0 aromatic heterocycles. The van der Waals surface area contributed by atoms with Gasteiger partial charge in [-0.1, -0.05) is 0 Å². The first-order valence-electron chi connectivity index (χ1n) is 2.61. The van der Waals surface area contributed by atoms with Crippen molar-refractivity contribution in [2.24, 2.45) is 4.99 Å². The van der Waals surface area contributed by atoms with Crippen molar-refractivity contribution in [3.8, 4) is 0 Å². The van der Waals surface area contributed by atoms with Crippen LogP contribution in [0.15, 0.2) is 16.6 Å². The van der Waals surface area contributed by atoms with Gasteiger partial charge in [0.2, 0.25) is 0 Å². The summed E-state index contributed by atoms with van der Waals surface area (Å²) in [6.07, 6.45) is 2.42. The predicted molar refractivity (Wildman–Crippen MR) is 32.0 cm³/mol. The van der Waals surface area contributed by atoms with Gasteiger partial charge in [-0.2, -0.15) is 0 Å². The zero-order chi connectivity index (χ0) is 5.98. The Bertz CT molecular complexity index is 137. The maximum Gasteiger partial charge on any atom is 0.138 e. The third-order valence-corrected chi connectivity index (χ3v) is 1.02. The molecular weight excluding hydrogens is 105 g/mol. The molecule has 0 aromatic rings. The maximum atomic E-state index is 12.2. The van der Waals surface area contributed by atoms with Gasteiger partial charge in [-0.15, -0.1) is 0 Å². The molecule has 1 aliphatic rings. The van der Waals surface area contributed by atoms with Gasteiger partial charge >= 0.3 is 0 Å². The van der Waals surface area contributed by atoms with Crippen LogP contribution in [0.5, 0.6) is 0 Å². The molecule has 0 radical (unpaired) electrons. The van der Waals surface area contributed by atoms with Crippen molar-refractivity contribution in [1.29, 1.82) is 0 Å². The number of halogens is 1. The molecule has 1 heterocycles. The second-order valence-corrected chi connectivity index (χ2v) is 1.92. The van der Waals surface area contributed by atoms with Crippen LogP contribution in [0.3, 0.4) is 0 Å². The van der Waals surface area contributed by atoms with Crippen LogP contribution < -0.4 is 0 Å². The van der Waals surface area contributed by atoms with E-state index in [0.717, 1.165) is 5.57 Å². The minimum atomic E-state index is -0.847. The van der Waals surface area contributed by atoms with Gasteiger partial charge in [0.25, 0.3) is 0 Å². The Balaban J connectivity index is 2.63. The molecule has 2 heteroatoms. The van der Waals surface area contributed by atoms with E-state index in [2.05, 4.69) is 4.99 Å². The monoisotopic (exact) mass is 113 g/mol. The molecule has 0 aliphatic carbocycles. The van der Waals surface area contributed by atoms with Gasteiger partial charge < -0.3 is 0 Å². The molecule has 0 spiro atoms. The Labute approximate surface area is 47.9 Å². The third-order valence-electron chi connectivity index (χ3n) is 1.02. The van der Waals surface area contributed by atoms with Crippen molar-refractivity contribution in [1.82, 2.24) is 0 Å². The van der Waals surface area contributed by atoms with Crippen LogP contribution >= 0.6 is 0 Å². The molecule has 1 unspecified atom stereocenters. The van der Waals surface area contributed by atoms with Crippen LogP contribution in [0.1, 0.15) is 6.92 Å². The predicted octanol–water partition coefficient (Wildman–Crippen LogP) is 1.36. The standard InChI is InChI=1S/C6H8FN/c1-5-2-6(7)4-8-3-5/h2-3,6H,4H2,1H3. The van der Waals surface area contributed by atoms with Crippen LogP contribution in [0.2, 0.25) is 0 Å². The molecule has 0 fully saturated rings. The fourth-order valence-electron chi connectivity index (χ4n) is 0.678. The Kier molecular flexibility index (Phi) is 1.42. The first-order chi connectivity index (χ1) is 3.79. The lowest BCUT2D eigenvalue weighted by molar-refractivity contribution is 0.406. The minimum Gasteiger partial charge on any atom is -0.290 e. The first-order valence-corrected chi connectivity index (χ1v) is 2.61. The van der Waals surface area contributed by atoms with Gasteiger partial charge in [-0.3, -0.25) is 4.99 Å². The number of rotatable bonds is 0. The topological polar surface area (TPSA) is 12.4 Å². The number of aliphatic imine (C=N–C) groups is 1. The largest absolute Gasteiger partial charge is 0.290 e. The van der Waals surface area contributed by atoms with E-state index in [-0.39, 0.29) is 0 Å². The quantitative estimate of drug-likeness (QED) is 0.449. The number of alkyl halides is 1. The fourth-order valence-corrected chi connectivity index (χ4v) is 0.678. The van der Waals surface area contributed by atoms with E-state index in [1.165, 1.54) is 0 Å². The second-order valence-electron chi connectivity index (χ2n) is 1.92. The number of hydrogen-bond donors (Lipinski definition) is 0. The molecule has 0 aromatic carbocycles. The zero-order valence-corrected chi connectivity index (χ0v) is 4.76. The molecule has 0 N–H and O–H groups in total. The highest BCUT2D eigenvalue weighted by Gasteiger charge is 2.03. The van der Waals surface area contributed by atoms with Crippen molar-refractivity contribution in [2.45, 2.75) is 13.1 Å². The maximum absolute atomic E-state index is 12.2. The second kappa shape index (κ2) is 2.07. The highest BCUT2D eigenvalue weighted by molar-refractivity contribution is 5.78. The Morgan fingerprint density at radius 1 is 1.88 bits per heavy atom. The Hall–Kier alpha value is -0.660. The summed E-state index contributed by atoms with van der Waals surface area (Å²) in [6, 6.07) is 0. The molecule has 0 amide bonds. The summed E-state index contributed by atoms with van der Waals surface area (Å²) in [7, 11) is 0. The molecule has 44 valence electrons. The van der Waals surface area contributed by atoms with E-state index in [9.17, 15) is 4.39 Å². The van der Waals surface area contributed by atoms with Gasteiger partial charge in [0.15, 0.2) is 0 Å². The van der Waals surface area contributed by atoms with Gasteiger partial charge in [0.05, 0.1) is 6.54 Å². The summed E-state index contributed by atoms with van der Waals surface area (Å²) < 4.78 is 12.2. The lowest BCUT2D eigenvalue weighted by Gasteiger charge is -2.03. The highest BCUT2D eigenvalue weighted by atomic mass is 19.1.